The van der Waals surface area contributed by atoms with Gasteiger partial charge in [0.25, 0.3) is 0 Å². The Labute approximate surface area is 125 Å². The molecule has 0 aliphatic carbocycles. The lowest BCUT2D eigenvalue weighted by Gasteiger charge is -2.33. The van der Waals surface area contributed by atoms with Gasteiger partial charge in [0.1, 0.15) is 0 Å². The largest absolute Gasteiger partial charge is 0.329 e. The number of likely N-dealkylation sites (tertiary alicyclic amines) is 1. The second-order valence-corrected chi connectivity index (χ2v) is 6.00. The number of nitrogens with zero attached hydrogens (tertiary/aromatic N) is 1. The molecule has 1 heterocycles. The van der Waals surface area contributed by atoms with Gasteiger partial charge < -0.3 is 5.73 Å². The topological polar surface area (TPSA) is 29.3 Å². The summed E-state index contributed by atoms with van der Waals surface area (Å²) in [6, 6.07) is 5.82. The first-order chi connectivity index (χ1) is 9.24. The molecule has 19 heavy (non-hydrogen) atoms. The molecule has 0 amide bonds. The zero-order valence-electron chi connectivity index (χ0n) is 11.2. The molecule has 1 aliphatic rings. The van der Waals surface area contributed by atoms with E-state index in [0.29, 0.717) is 6.54 Å². The normalized spacial score (nSPS) is 19.7. The van der Waals surface area contributed by atoms with Crippen molar-refractivity contribution in [3.63, 3.8) is 0 Å². The van der Waals surface area contributed by atoms with Crippen molar-refractivity contribution in [2.24, 2.45) is 5.73 Å². The summed E-state index contributed by atoms with van der Waals surface area (Å²) < 4.78 is 0. The lowest BCUT2D eigenvalue weighted by Crippen LogP contribution is -2.36. The number of halogens is 2. The van der Waals surface area contributed by atoms with E-state index in [0.717, 1.165) is 28.7 Å². The molecule has 0 bridgehead atoms. The predicted octanol–water partition coefficient (Wildman–Crippen LogP) is 4.26. The molecule has 1 atom stereocenters. The predicted molar refractivity (Wildman–Crippen MR) is 82.9 cm³/mol. The maximum Gasteiger partial charge on any atom is 0.0500 e. The van der Waals surface area contributed by atoms with Gasteiger partial charge in [0.15, 0.2) is 0 Å². The zero-order chi connectivity index (χ0) is 13.7. The summed E-state index contributed by atoms with van der Waals surface area (Å²) >= 11 is 12.7. The van der Waals surface area contributed by atoms with E-state index < -0.39 is 0 Å². The first-order valence-electron chi connectivity index (χ1n) is 7.12. The summed E-state index contributed by atoms with van der Waals surface area (Å²) in [5.74, 6) is 0. The van der Waals surface area contributed by atoms with Crippen LogP contribution in [0.25, 0.3) is 0 Å². The Morgan fingerprint density at radius 2 is 1.53 bits per heavy atom. The van der Waals surface area contributed by atoms with Gasteiger partial charge in [-0.05, 0) is 38.1 Å². The van der Waals surface area contributed by atoms with Crippen LogP contribution in [0.3, 0.4) is 0 Å². The van der Waals surface area contributed by atoms with Crippen molar-refractivity contribution in [2.45, 2.75) is 38.1 Å². The maximum atomic E-state index is 6.33. The standard InChI is InChI=1S/C15H22Cl2N2/c16-12-7-6-8-13(17)15(12)14(11-18)19-9-4-2-1-3-5-10-19/h6-8,14H,1-5,9-11,18H2. The Morgan fingerprint density at radius 1 is 1.00 bits per heavy atom. The lowest BCUT2D eigenvalue weighted by atomic mass is 10.0. The highest BCUT2D eigenvalue weighted by Crippen LogP contribution is 2.34. The van der Waals surface area contributed by atoms with Crippen molar-refractivity contribution in [2.75, 3.05) is 19.6 Å². The van der Waals surface area contributed by atoms with Crippen LogP contribution < -0.4 is 5.73 Å². The van der Waals surface area contributed by atoms with Gasteiger partial charge in [-0.2, -0.15) is 0 Å². The monoisotopic (exact) mass is 300 g/mol. The summed E-state index contributed by atoms with van der Waals surface area (Å²) in [7, 11) is 0. The van der Waals surface area contributed by atoms with Gasteiger partial charge in [0, 0.05) is 28.2 Å². The molecule has 0 aromatic heterocycles. The van der Waals surface area contributed by atoms with E-state index in [1.165, 1.54) is 32.1 Å². The third kappa shape index (κ3) is 3.85. The van der Waals surface area contributed by atoms with Crippen molar-refractivity contribution in [3.05, 3.63) is 33.8 Å². The molecule has 0 spiro atoms. The molecule has 0 radical (unpaired) electrons. The van der Waals surface area contributed by atoms with Crippen molar-refractivity contribution in [1.29, 1.82) is 0 Å². The van der Waals surface area contributed by atoms with Crippen LogP contribution >= 0.6 is 23.2 Å². The second kappa shape index (κ2) is 7.49. The fourth-order valence-corrected chi connectivity index (χ4v) is 3.51. The van der Waals surface area contributed by atoms with Crippen LogP contribution in [0.4, 0.5) is 0 Å². The van der Waals surface area contributed by atoms with Gasteiger partial charge in [-0.1, -0.05) is 48.5 Å². The van der Waals surface area contributed by atoms with E-state index >= 15 is 0 Å². The Bertz CT molecular complexity index is 381. The van der Waals surface area contributed by atoms with Crippen molar-refractivity contribution in [1.82, 2.24) is 4.90 Å². The minimum atomic E-state index is 0.138. The van der Waals surface area contributed by atoms with Gasteiger partial charge in [0.05, 0.1) is 0 Å². The maximum absolute atomic E-state index is 6.33. The van der Waals surface area contributed by atoms with E-state index in [-0.39, 0.29) is 6.04 Å². The highest BCUT2D eigenvalue weighted by Gasteiger charge is 2.23. The Morgan fingerprint density at radius 3 is 2.05 bits per heavy atom. The fraction of sp³-hybridized carbons (Fsp3) is 0.600. The van der Waals surface area contributed by atoms with E-state index in [9.17, 15) is 0 Å². The summed E-state index contributed by atoms with van der Waals surface area (Å²) in [6.07, 6.45) is 6.44. The SMILES string of the molecule is NCC(c1c(Cl)cccc1Cl)N1CCCCCCC1. The number of benzene rings is 1. The molecule has 0 saturated carbocycles. The average Bonchev–Trinajstić information content (AvgIpc) is 2.35. The average molecular weight is 301 g/mol. The Balaban J connectivity index is 2.22. The number of hydrogen-bond donors (Lipinski definition) is 1. The molecule has 1 fully saturated rings. The number of rotatable bonds is 3. The highest BCUT2D eigenvalue weighted by atomic mass is 35.5. The second-order valence-electron chi connectivity index (χ2n) is 5.19. The number of nitrogens with two attached hydrogens (primary N) is 1. The summed E-state index contributed by atoms with van der Waals surface area (Å²) in [5, 5.41) is 1.45. The van der Waals surface area contributed by atoms with E-state index in [2.05, 4.69) is 4.90 Å². The van der Waals surface area contributed by atoms with Crippen LogP contribution in [0.15, 0.2) is 18.2 Å². The van der Waals surface area contributed by atoms with E-state index in [1.54, 1.807) is 0 Å². The lowest BCUT2D eigenvalue weighted by molar-refractivity contribution is 0.184. The first kappa shape index (κ1) is 15.1. The summed E-state index contributed by atoms with van der Waals surface area (Å²) in [6.45, 7) is 2.73. The molecule has 1 unspecified atom stereocenters. The molecular formula is C15H22Cl2N2. The minimum Gasteiger partial charge on any atom is -0.329 e. The van der Waals surface area contributed by atoms with Crippen LogP contribution in [0.5, 0.6) is 0 Å². The van der Waals surface area contributed by atoms with Gasteiger partial charge >= 0.3 is 0 Å². The van der Waals surface area contributed by atoms with E-state index in [1.807, 2.05) is 18.2 Å². The molecular weight excluding hydrogens is 279 g/mol. The fourth-order valence-electron chi connectivity index (χ4n) is 2.86. The summed E-state index contributed by atoms with van der Waals surface area (Å²) in [4.78, 5) is 2.45. The van der Waals surface area contributed by atoms with E-state index in [4.69, 9.17) is 28.9 Å². The molecule has 4 heteroatoms. The highest BCUT2D eigenvalue weighted by molar-refractivity contribution is 6.36. The smallest absolute Gasteiger partial charge is 0.0500 e. The van der Waals surface area contributed by atoms with Gasteiger partial charge in [-0.15, -0.1) is 0 Å². The zero-order valence-corrected chi connectivity index (χ0v) is 12.8. The third-order valence-corrected chi connectivity index (χ3v) is 4.55. The molecule has 2 nitrogen and oxygen atoms in total. The minimum absolute atomic E-state index is 0.138. The van der Waals surface area contributed by atoms with Crippen LogP contribution in [0.1, 0.15) is 43.7 Å². The van der Waals surface area contributed by atoms with Gasteiger partial charge in [-0.25, -0.2) is 0 Å². The molecule has 2 rings (SSSR count). The molecule has 2 N–H and O–H groups in total. The molecule has 1 aromatic rings. The van der Waals surface area contributed by atoms with Crippen LogP contribution in [-0.2, 0) is 0 Å². The molecule has 1 aromatic carbocycles. The van der Waals surface area contributed by atoms with Crippen molar-refractivity contribution in [3.8, 4) is 0 Å². The van der Waals surface area contributed by atoms with Crippen molar-refractivity contribution >= 4 is 23.2 Å². The number of hydrogen-bond acceptors (Lipinski definition) is 2. The third-order valence-electron chi connectivity index (χ3n) is 3.89. The van der Waals surface area contributed by atoms with Crippen LogP contribution in [-0.4, -0.2) is 24.5 Å². The van der Waals surface area contributed by atoms with Crippen LogP contribution in [0.2, 0.25) is 10.0 Å². The summed E-state index contributed by atoms with van der Waals surface area (Å²) in [5.41, 5.74) is 7.00. The van der Waals surface area contributed by atoms with Gasteiger partial charge in [0.2, 0.25) is 0 Å². The van der Waals surface area contributed by atoms with Crippen molar-refractivity contribution < 1.29 is 0 Å². The van der Waals surface area contributed by atoms with Gasteiger partial charge in [-0.3, -0.25) is 4.90 Å². The first-order valence-corrected chi connectivity index (χ1v) is 7.87. The Kier molecular flexibility index (Phi) is 5.96. The molecule has 106 valence electrons. The van der Waals surface area contributed by atoms with Crippen LogP contribution in [0, 0.1) is 0 Å². The Hall–Kier alpha value is -0.280. The molecule has 1 aliphatic heterocycles. The molecule has 1 saturated heterocycles. The quantitative estimate of drug-likeness (QED) is 0.904.